The Balaban J connectivity index is 1.79. The lowest BCUT2D eigenvalue weighted by Crippen LogP contribution is -2.40. The molecule has 1 aromatic rings. The van der Waals surface area contributed by atoms with Crippen LogP contribution in [0.15, 0.2) is 24.3 Å². The van der Waals surface area contributed by atoms with Crippen molar-refractivity contribution in [1.29, 1.82) is 0 Å². The number of methoxy groups -OCH3 is 1. The predicted molar refractivity (Wildman–Crippen MR) is 96.7 cm³/mol. The molecular formula is C20H29NO4. The molecule has 0 aliphatic carbocycles. The molecule has 1 aliphatic heterocycles. The molecule has 0 saturated carbocycles. The van der Waals surface area contributed by atoms with Gasteiger partial charge in [-0.25, -0.2) is 0 Å². The average molecular weight is 347 g/mol. The van der Waals surface area contributed by atoms with Crippen molar-refractivity contribution in [2.75, 3.05) is 26.8 Å². The Morgan fingerprint density at radius 1 is 1.12 bits per heavy atom. The van der Waals surface area contributed by atoms with E-state index in [1.54, 1.807) is 24.1 Å². The number of ether oxygens (including phenoxy) is 2. The van der Waals surface area contributed by atoms with E-state index >= 15 is 0 Å². The molecule has 5 heteroatoms. The van der Waals surface area contributed by atoms with Gasteiger partial charge in [0.05, 0.1) is 25.2 Å². The first-order valence-electron chi connectivity index (χ1n) is 9.26. The van der Waals surface area contributed by atoms with E-state index < -0.39 is 0 Å². The van der Waals surface area contributed by atoms with Gasteiger partial charge in [-0.2, -0.15) is 0 Å². The minimum Gasteiger partial charge on any atom is -0.496 e. The number of likely N-dealkylation sites (tertiary alicyclic amines) is 1. The Labute approximate surface area is 150 Å². The molecule has 0 unspecified atom stereocenters. The second kappa shape index (κ2) is 10.1. The zero-order valence-corrected chi connectivity index (χ0v) is 15.3. The molecule has 0 spiro atoms. The maximum atomic E-state index is 12.7. The number of esters is 1. The Kier molecular flexibility index (Phi) is 7.76. The van der Waals surface area contributed by atoms with Crippen LogP contribution in [0.25, 0.3) is 0 Å². The monoisotopic (exact) mass is 347 g/mol. The van der Waals surface area contributed by atoms with Crippen molar-refractivity contribution in [3.63, 3.8) is 0 Å². The van der Waals surface area contributed by atoms with Crippen LogP contribution in [0.3, 0.4) is 0 Å². The molecule has 0 bridgehead atoms. The minimum atomic E-state index is -0.110. The van der Waals surface area contributed by atoms with Crippen LogP contribution >= 0.6 is 0 Å². The van der Waals surface area contributed by atoms with Crippen molar-refractivity contribution in [3.8, 4) is 5.75 Å². The smallest absolute Gasteiger partial charge is 0.309 e. The number of benzene rings is 1. The van der Waals surface area contributed by atoms with E-state index in [1.807, 2.05) is 12.1 Å². The van der Waals surface area contributed by atoms with Gasteiger partial charge in [-0.05, 0) is 31.4 Å². The number of rotatable bonds is 8. The fraction of sp³-hybridized carbons (Fsp3) is 0.600. The number of hydrogen-bond acceptors (Lipinski definition) is 4. The van der Waals surface area contributed by atoms with Crippen LogP contribution in [-0.2, 0) is 9.53 Å². The first-order valence-corrected chi connectivity index (χ1v) is 9.26. The third-order valence-corrected chi connectivity index (χ3v) is 4.70. The highest BCUT2D eigenvalue weighted by atomic mass is 16.5. The molecule has 0 atom stereocenters. The van der Waals surface area contributed by atoms with Crippen LogP contribution in [0.2, 0.25) is 0 Å². The van der Waals surface area contributed by atoms with E-state index in [0.29, 0.717) is 43.9 Å². The van der Waals surface area contributed by atoms with Crippen molar-refractivity contribution in [1.82, 2.24) is 4.90 Å². The quantitative estimate of drug-likeness (QED) is 0.532. The lowest BCUT2D eigenvalue weighted by atomic mass is 9.96. The summed E-state index contributed by atoms with van der Waals surface area (Å²) in [5, 5.41) is 0. The highest BCUT2D eigenvalue weighted by Crippen LogP contribution is 2.24. The standard InChI is InChI=1S/C20H29NO4/c1-3-4-5-8-15-25-20(23)16-11-13-21(14-12-16)19(22)17-9-6-7-10-18(17)24-2/h6-7,9-10,16H,3-5,8,11-15H2,1-2H3. The summed E-state index contributed by atoms with van der Waals surface area (Å²) in [4.78, 5) is 26.6. The zero-order valence-electron chi connectivity index (χ0n) is 15.3. The van der Waals surface area contributed by atoms with Gasteiger partial charge in [-0.3, -0.25) is 9.59 Å². The maximum Gasteiger partial charge on any atom is 0.309 e. The van der Waals surface area contributed by atoms with Crippen molar-refractivity contribution in [3.05, 3.63) is 29.8 Å². The molecular weight excluding hydrogens is 318 g/mol. The lowest BCUT2D eigenvalue weighted by Gasteiger charge is -2.31. The van der Waals surface area contributed by atoms with Crippen molar-refractivity contribution >= 4 is 11.9 Å². The van der Waals surface area contributed by atoms with Crippen LogP contribution < -0.4 is 4.74 Å². The summed E-state index contributed by atoms with van der Waals surface area (Å²) in [6.45, 7) is 3.82. The second-order valence-corrected chi connectivity index (χ2v) is 6.49. The number of unbranched alkanes of at least 4 members (excludes halogenated alkanes) is 3. The number of carbonyl (C=O) groups is 2. The Morgan fingerprint density at radius 2 is 1.84 bits per heavy atom. The van der Waals surface area contributed by atoms with Gasteiger partial charge in [0.1, 0.15) is 5.75 Å². The molecule has 0 aromatic heterocycles. The van der Waals surface area contributed by atoms with Gasteiger partial charge in [0.2, 0.25) is 0 Å². The second-order valence-electron chi connectivity index (χ2n) is 6.49. The Morgan fingerprint density at radius 3 is 2.52 bits per heavy atom. The fourth-order valence-corrected chi connectivity index (χ4v) is 3.13. The summed E-state index contributed by atoms with van der Waals surface area (Å²) in [5.74, 6) is 0.346. The summed E-state index contributed by atoms with van der Waals surface area (Å²) in [5.41, 5.74) is 0.571. The third-order valence-electron chi connectivity index (χ3n) is 4.70. The lowest BCUT2D eigenvalue weighted by molar-refractivity contribution is -0.150. The van der Waals surface area contributed by atoms with Crippen molar-refractivity contribution in [2.24, 2.45) is 5.92 Å². The van der Waals surface area contributed by atoms with Gasteiger partial charge in [0.25, 0.3) is 5.91 Å². The van der Waals surface area contributed by atoms with Gasteiger partial charge in [0, 0.05) is 13.1 Å². The first kappa shape index (κ1) is 19.3. The van der Waals surface area contributed by atoms with Crippen LogP contribution in [0, 0.1) is 5.92 Å². The molecule has 1 heterocycles. The van der Waals surface area contributed by atoms with E-state index in [4.69, 9.17) is 9.47 Å². The molecule has 0 N–H and O–H groups in total. The summed E-state index contributed by atoms with van der Waals surface area (Å²) in [6.07, 6.45) is 5.72. The molecule has 1 saturated heterocycles. The summed E-state index contributed by atoms with van der Waals surface area (Å²) in [7, 11) is 1.56. The zero-order chi connectivity index (χ0) is 18.1. The fourth-order valence-electron chi connectivity index (χ4n) is 3.13. The van der Waals surface area contributed by atoms with Crippen LogP contribution in [0.1, 0.15) is 55.8 Å². The number of piperidine rings is 1. The Hall–Kier alpha value is -2.04. The highest BCUT2D eigenvalue weighted by molar-refractivity contribution is 5.97. The molecule has 5 nitrogen and oxygen atoms in total. The van der Waals surface area contributed by atoms with Gasteiger partial charge >= 0.3 is 5.97 Å². The summed E-state index contributed by atoms with van der Waals surface area (Å²) in [6, 6.07) is 7.24. The molecule has 1 aromatic carbocycles. The molecule has 0 radical (unpaired) electrons. The third kappa shape index (κ3) is 5.48. The number of hydrogen-bond donors (Lipinski definition) is 0. The molecule has 1 fully saturated rings. The molecule has 1 amide bonds. The maximum absolute atomic E-state index is 12.7. The van der Waals surface area contributed by atoms with E-state index in [2.05, 4.69) is 6.92 Å². The molecule has 1 aliphatic rings. The molecule has 2 rings (SSSR count). The molecule has 138 valence electrons. The van der Waals surface area contributed by atoms with Gasteiger partial charge in [-0.1, -0.05) is 38.3 Å². The first-order chi connectivity index (χ1) is 12.2. The van der Waals surface area contributed by atoms with Crippen LogP contribution in [0.5, 0.6) is 5.75 Å². The molecule has 25 heavy (non-hydrogen) atoms. The minimum absolute atomic E-state index is 0.0381. The summed E-state index contributed by atoms with van der Waals surface area (Å²) >= 11 is 0. The average Bonchev–Trinajstić information content (AvgIpc) is 2.67. The number of nitrogens with zero attached hydrogens (tertiary/aromatic N) is 1. The topological polar surface area (TPSA) is 55.8 Å². The van der Waals surface area contributed by atoms with Crippen molar-refractivity contribution < 1.29 is 19.1 Å². The van der Waals surface area contributed by atoms with Gasteiger partial charge in [-0.15, -0.1) is 0 Å². The number of para-hydroxylation sites is 1. The Bertz CT molecular complexity index is 565. The highest BCUT2D eigenvalue weighted by Gasteiger charge is 2.29. The number of amides is 1. The SMILES string of the molecule is CCCCCCOC(=O)C1CCN(C(=O)c2ccccc2OC)CC1. The van der Waals surface area contributed by atoms with Gasteiger partial charge in [0.15, 0.2) is 0 Å². The summed E-state index contributed by atoms with van der Waals surface area (Å²) < 4.78 is 10.6. The largest absolute Gasteiger partial charge is 0.496 e. The van der Waals surface area contributed by atoms with Crippen LogP contribution in [-0.4, -0.2) is 43.6 Å². The predicted octanol–water partition coefficient (Wildman–Crippen LogP) is 3.67. The van der Waals surface area contributed by atoms with Gasteiger partial charge < -0.3 is 14.4 Å². The van der Waals surface area contributed by atoms with Crippen molar-refractivity contribution in [2.45, 2.75) is 45.4 Å². The van der Waals surface area contributed by atoms with E-state index in [-0.39, 0.29) is 17.8 Å². The van der Waals surface area contributed by atoms with Crippen LogP contribution in [0.4, 0.5) is 0 Å². The van der Waals surface area contributed by atoms with E-state index in [0.717, 1.165) is 12.8 Å². The normalized spacial score (nSPS) is 15.0. The van der Waals surface area contributed by atoms with E-state index in [1.165, 1.54) is 12.8 Å². The van der Waals surface area contributed by atoms with E-state index in [9.17, 15) is 9.59 Å². The number of carbonyl (C=O) groups excluding carboxylic acids is 2.